The third kappa shape index (κ3) is 3.57. The zero-order chi connectivity index (χ0) is 18.1. The van der Waals surface area contributed by atoms with Gasteiger partial charge in [0.15, 0.2) is 6.10 Å². The maximum Gasteiger partial charge on any atom is 0.411 e. The van der Waals surface area contributed by atoms with Gasteiger partial charge in [-0.15, -0.1) is 0 Å². The van der Waals surface area contributed by atoms with Crippen LogP contribution in [0.4, 0.5) is 4.79 Å². The van der Waals surface area contributed by atoms with Crippen molar-refractivity contribution in [2.75, 3.05) is 6.54 Å². The van der Waals surface area contributed by atoms with E-state index in [1.165, 1.54) is 4.90 Å². The van der Waals surface area contributed by atoms with Crippen LogP contribution in [0.25, 0.3) is 0 Å². The van der Waals surface area contributed by atoms with Crippen molar-refractivity contribution >= 4 is 35.2 Å². The summed E-state index contributed by atoms with van der Waals surface area (Å²) in [4.78, 5) is 25.2. The van der Waals surface area contributed by atoms with Crippen molar-refractivity contribution in [2.24, 2.45) is 5.73 Å². The summed E-state index contributed by atoms with van der Waals surface area (Å²) < 4.78 is 5.10. The molecule has 0 aromatic heterocycles. The second-order valence-corrected chi connectivity index (χ2v) is 6.73. The zero-order valence-corrected chi connectivity index (χ0v) is 14.9. The summed E-state index contributed by atoms with van der Waals surface area (Å²) in [6.07, 6.45) is -1.55. The van der Waals surface area contributed by atoms with E-state index in [0.717, 1.165) is 16.7 Å². The average Bonchev–Trinajstić information content (AvgIpc) is 2.95. The molecule has 2 aromatic rings. The quantitative estimate of drug-likeness (QED) is 0.881. The van der Waals surface area contributed by atoms with Crippen molar-refractivity contribution in [1.29, 1.82) is 0 Å². The Balaban J connectivity index is 2.06. The van der Waals surface area contributed by atoms with Gasteiger partial charge in [-0.25, -0.2) is 4.79 Å². The van der Waals surface area contributed by atoms with Gasteiger partial charge in [0.05, 0.1) is 12.6 Å². The highest BCUT2D eigenvalue weighted by Crippen LogP contribution is 2.34. The Hall–Kier alpha value is -2.24. The summed E-state index contributed by atoms with van der Waals surface area (Å²) in [5, 5.41) is 1.23. The van der Waals surface area contributed by atoms with Crippen molar-refractivity contribution in [3.63, 3.8) is 0 Å². The average molecular weight is 379 g/mol. The molecular weight excluding hydrogens is 363 g/mol. The van der Waals surface area contributed by atoms with E-state index in [4.69, 9.17) is 33.7 Å². The van der Waals surface area contributed by atoms with Gasteiger partial charge in [-0.3, -0.25) is 9.69 Å². The molecular formula is C18H16Cl2N2O3. The van der Waals surface area contributed by atoms with Crippen molar-refractivity contribution in [2.45, 2.75) is 19.1 Å². The second-order valence-electron chi connectivity index (χ2n) is 5.89. The number of amides is 2. The largest absolute Gasteiger partial charge is 0.434 e. The molecule has 2 aromatic carbocycles. The lowest BCUT2D eigenvalue weighted by Crippen LogP contribution is -2.34. The smallest absolute Gasteiger partial charge is 0.411 e. The number of rotatable bonds is 4. The van der Waals surface area contributed by atoms with Crippen molar-refractivity contribution in [3.8, 4) is 0 Å². The summed E-state index contributed by atoms with van der Waals surface area (Å²) >= 11 is 12.1. The van der Waals surface area contributed by atoms with E-state index in [-0.39, 0.29) is 6.54 Å². The molecule has 130 valence electrons. The predicted molar refractivity (Wildman–Crippen MR) is 95.7 cm³/mol. The molecule has 0 bridgehead atoms. The summed E-state index contributed by atoms with van der Waals surface area (Å²) in [6, 6.07) is 12.3. The molecule has 0 spiro atoms. The van der Waals surface area contributed by atoms with E-state index >= 15 is 0 Å². The van der Waals surface area contributed by atoms with Crippen molar-refractivity contribution < 1.29 is 14.3 Å². The molecule has 25 heavy (non-hydrogen) atoms. The number of carbonyl (C=O) groups excluding carboxylic acids is 2. The van der Waals surface area contributed by atoms with E-state index < -0.39 is 24.1 Å². The molecule has 0 aliphatic carbocycles. The van der Waals surface area contributed by atoms with Crippen LogP contribution in [-0.2, 0) is 9.53 Å². The molecule has 1 aliphatic heterocycles. The minimum absolute atomic E-state index is 0.0864. The second kappa shape index (κ2) is 6.94. The molecule has 7 heteroatoms. The highest BCUT2D eigenvalue weighted by Gasteiger charge is 2.40. The van der Waals surface area contributed by atoms with Crippen molar-refractivity contribution in [1.82, 2.24) is 4.90 Å². The first-order valence-electron chi connectivity index (χ1n) is 7.65. The SMILES string of the molecule is Cc1cc([C@H](c2ccc(Cl)cc2)N2CC(C(N)=O)OC2=O)ccc1Cl. The molecule has 5 nitrogen and oxygen atoms in total. The predicted octanol–water partition coefficient (Wildman–Crippen LogP) is 3.70. The Labute approximate surface area is 155 Å². The number of halogens is 2. The first-order chi connectivity index (χ1) is 11.9. The maximum absolute atomic E-state index is 12.3. The maximum atomic E-state index is 12.3. The minimum Gasteiger partial charge on any atom is -0.434 e. The number of hydrogen-bond acceptors (Lipinski definition) is 3. The van der Waals surface area contributed by atoms with Crippen LogP contribution in [0.5, 0.6) is 0 Å². The number of primary amides is 1. The van der Waals surface area contributed by atoms with Crippen LogP contribution in [0, 0.1) is 6.92 Å². The summed E-state index contributed by atoms with van der Waals surface area (Å²) in [6.45, 7) is 1.97. The van der Waals surface area contributed by atoms with Gasteiger partial charge >= 0.3 is 6.09 Å². The zero-order valence-electron chi connectivity index (χ0n) is 13.4. The van der Waals surface area contributed by atoms with Gasteiger partial charge in [0.1, 0.15) is 0 Å². The Morgan fingerprint density at radius 1 is 1.20 bits per heavy atom. The Morgan fingerprint density at radius 2 is 1.84 bits per heavy atom. The van der Waals surface area contributed by atoms with E-state index in [2.05, 4.69) is 0 Å². The van der Waals surface area contributed by atoms with Crippen LogP contribution in [0.1, 0.15) is 22.7 Å². The molecule has 1 unspecified atom stereocenters. The van der Waals surface area contributed by atoms with Crippen LogP contribution in [0.3, 0.4) is 0 Å². The first-order valence-corrected chi connectivity index (χ1v) is 8.40. The molecule has 2 amide bonds. The number of hydrogen-bond donors (Lipinski definition) is 1. The fraction of sp³-hybridized carbons (Fsp3) is 0.222. The summed E-state index contributed by atoms with van der Waals surface area (Å²) in [5.41, 5.74) is 7.87. The molecule has 2 atom stereocenters. The van der Waals surface area contributed by atoms with Gasteiger partial charge in [0, 0.05) is 10.0 Å². The van der Waals surface area contributed by atoms with Gasteiger partial charge in [0.2, 0.25) is 0 Å². The Morgan fingerprint density at radius 3 is 2.40 bits per heavy atom. The fourth-order valence-corrected chi connectivity index (χ4v) is 3.12. The topological polar surface area (TPSA) is 72.6 Å². The van der Waals surface area contributed by atoms with Crippen LogP contribution >= 0.6 is 23.2 Å². The van der Waals surface area contributed by atoms with Gasteiger partial charge in [-0.05, 0) is 41.8 Å². The summed E-state index contributed by atoms with van der Waals surface area (Å²) in [5.74, 6) is -0.669. The molecule has 1 aliphatic rings. The molecule has 0 saturated carbocycles. The number of ether oxygens (including phenoxy) is 1. The van der Waals surface area contributed by atoms with E-state index in [9.17, 15) is 9.59 Å². The van der Waals surface area contributed by atoms with Gasteiger partial charge in [0.25, 0.3) is 5.91 Å². The van der Waals surface area contributed by atoms with Crippen LogP contribution in [0.2, 0.25) is 10.0 Å². The third-order valence-corrected chi connectivity index (χ3v) is 4.83. The molecule has 2 N–H and O–H groups in total. The molecule has 3 rings (SSSR count). The Bertz CT molecular complexity index is 824. The van der Waals surface area contributed by atoms with E-state index in [1.807, 2.05) is 31.2 Å². The molecule has 1 fully saturated rings. The van der Waals surface area contributed by atoms with E-state index in [1.54, 1.807) is 18.2 Å². The summed E-state index contributed by atoms with van der Waals surface area (Å²) in [7, 11) is 0. The fourth-order valence-electron chi connectivity index (χ4n) is 2.87. The van der Waals surface area contributed by atoms with Crippen molar-refractivity contribution in [3.05, 3.63) is 69.2 Å². The third-order valence-electron chi connectivity index (χ3n) is 4.15. The lowest BCUT2D eigenvalue weighted by Gasteiger charge is -2.27. The minimum atomic E-state index is -0.962. The van der Waals surface area contributed by atoms with Gasteiger partial charge in [-0.2, -0.15) is 0 Å². The van der Waals surface area contributed by atoms with Crippen LogP contribution in [-0.4, -0.2) is 29.5 Å². The standard InChI is InChI=1S/C18H16Cl2N2O3/c1-10-8-12(4-7-14(10)20)16(11-2-5-13(19)6-3-11)22-9-15(17(21)23)25-18(22)24/h2-8,15-16H,9H2,1H3,(H2,21,23)/t15?,16-/m0/s1. The number of benzene rings is 2. The number of nitrogens with zero attached hydrogens (tertiary/aromatic N) is 1. The van der Waals surface area contributed by atoms with E-state index in [0.29, 0.717) is 10.0 Å². The molecule has 1 heterocycles. The monoisotopic (exact) mass is 378 g/mol. The normalized spacial score (nSPS) is 18.1. The number of aryl methyl sites for hydroxylation is 1. The lowest BCUT2D eigenvalue weighted by atomic mass is 9.96. The highest BCUT2D eigenvalue weighted by molar-refractivity contribution is 6.31. The van der Waals surface area contributed by atoms with Crippen LogP contribution in [0.15, 0.2) is 42.5 Å². The lowest BCUT2D eigenvalue weighted by molar-refractivity contribution is -0.124. The first kappa shape index (κ1) is 17.6. The Kier molecular flexibility index (Phi) is 4.88. The van der Waals surface area contributed by atoms with Gasteiger partial charge in [-0.1, -0.05) is 47.5 Å². The van der Waals surface area contributed by atoms with Gasteiger partial charge < -0.3 is 10.5 Å². The number of nitrogens with two attached hydrogens (primary N) is 1. The highest BCUT2D eigenvalue weighted by atomic mass is 35.5. The molecule has 1 saturated heterocycles. The number of carbonyl (C=O) groups is 2. The van der Waals surface area contributed by atoms with Crippen LogP contribution < -0.4 is 5.73 Å². The molecule has 0 radical (unpaired) electrons. The number of cyclic esters (lactones) is 1.